The van der Waals surface area contributed by atoms with E-state index in [4.69, 9.17) is 4.74 Å². The molecule has 0 aliphatic carbocycles. The molecule has 1 aromatic carbocycles. The summed E-state index contributed by atoms with van der Waals surface area (Å²) in [7, 11) is 0. The molecule has 0 spiro atoms. The third-order valence-corrected chi connectivity index (χ3v) is 4.17. The monoisotopic (exact) mass is 206 g/mol. The van der Waals surface area contributed by atoms with Crippen LogP contribution in [0, 0.1) is 0 Å². The fourth-order valence-electron chi connectivity index (χ4n) is 2.09. The van der Waals surface area contributed by atoms with E-state index in [9.17, 15) is 0 Å². The molecule has 2 heteroatoms. The number of benzene rings is 1. The molecule has 3 rings (SSSR count). The van der Waals surface area contributed by atoms with Crippen LogP contribution in [-0.2, 0) is 11.2 Å². The maximum Gasteiger partial charge on any atom is 0.109 e. The first-order valence-electron chi connectivity index (χ1n) is 5.26. The topological polar surface area (TPSA) is 12.5 Å². The fraction of sp³-hybridized carbons (Fsp3) is 0.500. The highest BCUT2D eigenvalue weighted by Crippen LogP contribution is 2.40. The number of aryl methyl sites for hydroxylation is 1. The first kappa shape index (κ1) is 8.81. The second-order valence-electron chi connectivity index (χ2n) is 4.08. The largest absolute Gasteiger partial charge is 0.365 e. The summed E-state index contributed by atoms with van der Waals surface area (Å²) >= 11 is 1.99. The molecule has 0 bridgehead atoms. The van der Waals surface area contributed by atoms with Crippen molar-refractivity contribution < 1.29 is 4.74 Å². The Hall–Kier alpha value is -0.470. The summed E-state index contributed by atoms with van der Waals surface area (Å²) in [6.45, 7) is 2.14. The van der Waals surface area contributed by atoms with Crippen LogP contribution in [0.15, 0.2) is 23.1 Å². The maximum atomic E-state index is 5.49. The minimum Gasteiger partial charge on any atom is -0.365 e. The Labute approximate surface area is 88.8 Å². The van der Waals surface area contributed by atoms with Gasteiger partial charge in [-0.15, -0.1) is 11.8 Å². The molecule has 0 radical (unpaired) electrons. The van der Waals surface area contributed by atoms with E-state index in [0.29, 0.717) is 12.2 Å². The molecule has 2 heterocycles. The van der Waals surface area contributed by atoms with Crippen molar-refractivity contribution in [2.24, 2.45) is 0 Å². The third-order valence-electron chi connectivity index (χ3n) is 2.97. The van der Waals surface area contributed by atoms with Gasteiger partial charge in [-0.05, 0) is 42.7 Å². The molecule has 1 fully saturated rings. The number of thioether (sulfide) groups is 1. The predicted molar refractivity (Wildman–Crippen MR) is 58.8 cm³/mol. The average molecular weight is 206 g/mol. The van der Waals surface area contributed by atoms with Crippen molar-refractivity contribution in [2.75, 3.05) is 5.75 Å². The number of epoxide rings is 1. The van der Waals surface area contributed by atoms with Gasteiger partial charge in [0, 0.05) is 4.90 Å². The van der Waals surface area contributed by atoms with Crippen LogP contribution < -0.4 is 0 Å². The van der Waals surface area contributed by atoms with Crippen molar-refractivity contribution in [3.8, 4) is 0 Å². The first-order chi connectivity index (χ1) is 6.84. The minimum absolute atomic E-state index is 0.382. The molecular weight excluding hydrogens is 192 g/mol. The highest BCUT2D eigenvalue weighted by molar-refractivity contribution is 7.99. The number of hydrogen-bond acceptors (Lipinski definition) is 2. The molecule has 1 nitrogen and oxygen atoms in total. The Morgan fingerprint density at radius 2 is 2.29 bits per heavy atom. The van der Waals surface area contributed by atoms with E-state index < -0.39 is 0 Å². The molecular formula is C12H14OS. The zero-order valence-corrected chi connectivity index (χ0v) is 9.14. The molecule has 2 aliphatic heterocycles. The number of fused-ring (bicyclic) bond motifs is 1. The smallest absolute Gasteiger partial charge is 0.109 e. The van der Waals surface area contributed by atoms with Crippen LogP contribution in [0.25, 0.3) is 0 Å². The minimum atomic E-state index is 0.382. The quantitative estimate of drug-likeness (QED) is 0.654. The van der Waals surface area contributed by atoms with E-state index in [0.717, 1.165) is 0 Å². The fourth-order valence-corrected chi connectivity index (χ4v) is 3.11. The van der Waals surface area contributed by atoms with Gasteiger partial charge in [-0.1, -0.05) is 12.1 Å². The summed E-state index contributed by atoms with van der Waals surface area (Å²) in [5.74, 6) is 1.28. The molecule has 0 N–H and O–H groups in total. The van der Waals surface area contributed by atoms with Gasteiger partial charge < -0.3 is 4.74 Å². The van der Waals surface area contributed by atoms with Crippen LogP contribution in [-0.4, -0.2) is 11.9 Å². The maximum absolute atomic E-state index is 5.49. The van der Waals surface area contributed by atoms with E-state index in [1.165, 1.54) is 34.6 Å². The summed E-state index contributed by atoms with van der Waals surface area (Å²) in [4.78, 5) is 1.48. The Kier molecular flexibility index (Phi) is 2.06. The van der Waals surface area contributed by atoms with Crippen LogP contribution in [0.5, 0.6) is 0 Å². The van der Waals surface area contributed by atoms with Gasteiger partial charge in [-0.2, -0.15) is 0 Å². The van der Waals surface area contributed by atoms with Crippen LogP contribution in [0.1, 0.15) is 30.6 Å². The molecule has 0 saturated carbocycles. The van der Waals surface area contributed by atoms with Gasteiger partial charge in [-0.25, -0.2) is 0 Å². The van der Waals surface area contributed by atoms with Gasteiger partial charge in [0.1, 0.15) is 6.10 Å². The number of ether oxygens (including phenoxy) is 1. The molecule has 2 unspecified atom stereocenters. The van der Waals surface area contributed by atoms with Gasteiger partial charge in [0.25, 0.3) is 0 Å². The Bertz CT molecular complexity index is 361. The van der Waals surface area contributed by atoms with E-state index >= 15 is 0 Å². The summed E-state index contributed by atoms with van der Waals surface area (Å²) in [5, 5.41) is 0. The van der Waals surface area contributed by atoms with Crippen molar-refractivity contribution in [2.45, 2.75) is 36.9 Å². The van der Waals surface area contributed by atoms with Gasteiger partial charge in [0.2, 0.25) is 0 Å². The van der Waals surface area contributed by atoms with Crippen molar-refractivity contribution >= 4 is 11.8 Å². The molecule has 2 atom stereocenters. The summed E-state index contributed by atoms with van der Waals surface area (Å²) in [6, 6.07) is 6.84. The molecule has 14 heavy (non-hydrogen) atoms. The highest BCUT2D eigenvalue weighted by atomic mass is 32.2. The Morgan fingerprint density at radius 1 is 1.43 bits per heavy atom. The molecule has 0 aromatic heterocycles. The Morgan fingerprint density at radius 3 is 3.07 bits per heavy atom. The molecule has 1 saturated heterocycles. The van der Waals surface area contributed by atoms with E-state index in [1.807, 2.05) is 11.8 Å². The molecule has 0 amide bonds. The zero-order valence-electron chi connectivity index (χ0n) is 8.32. The van der Waals surface area contributed by atoms with Crippen LogP contribution >= 0.6 is 11.8 Å². The normalized spacial score (nSPS) is 29.8. The lowest BCUT2D eigenvalue weighted by Gasteiger charge is -2.15. The van der Waals surface area contributed by atoms with Gasteiger partial charge in [0.05, 0.1) is 6.10 Å². The van der Waals surface area contributed by atoms with Crippen LogP contribution in [0.3, 0.4) is 0 Å². The van der Waals surface area contributed by atoms with Crippen LogP contribution in [0.2, 0.25) is 0 Å². The lowest BCUT2D eigenvalue weighted by atomic mass is 10.0. The van der Waals surface area contributed by atoms with Crippen molar-refractivity contribution in [1.29, 1.82) is 0 Å². The van der Waals surface area contributed by atoms with E-state index in [-0.39, 0.29) is 0 Å². The average Bonchev–Trinajstić information content (AvgIpc) is 2.95. The number of rotatable bonds is 1. The molecule has 74 valence electrons. The van der Waals surface area contributed by atoms with E-state index in [2.05, 4.69) is 25.1 Å². The van der Waals surface area contributed by atoms with Crippen LogP contribution in [0.4, 0.5) is 0 Å². The lowest BCUT2D eigenvalue weighted by Crippen LogP contribution is -1.99. The summed E-state index contributed by atoms with van der Waals surface area (Å²) in [5.41, 5.74) is 2.90. The molecule has 1 aromatic rings. The standard InChI is InChI=1S/C12H14OS/c1-8-12(13-8)10-4-5-11-9(7-10)3-2-6-14-11/h4-5,7-8,12H,2-3,6H2,1H3. The predicted octanol–water partition coefficient (Wildman–Crippen LogP) is 3.18. The summed E-state index contributed by atoms with van der Waals surface area (Å²) in [6.07, 6.45) is 3.39. The second-order valence-corrected chi connectivity index (χ2v) is 5.22. The van der Waals surface area contributed by atoms with Crippen molar-refractivity contribution in [3.05, 3.63) is 29.3 Å². The van der Waals surface area contributed by atoms with Crippen molar-refractivity contribution in [1.82, 2.24) is 0 Å². The Balaban J connectivity index is 1.93. The molecule has 2 aliphatic rings. The van der Waals surface area contributed by atoms with Gasteiger partial charge >= 0.3 is 0 Å². The highest BCUT2D eigenvalue weighted by Gasteiger charge is 2.35. The zero-order chi connectivity index (χ0) is 9.54. The second kappa shape index (κ2) is 3.28. The van der Waals surface area contributed by atoms with Crippen molar-refractivity contribution in [3.63, 3.8) is 0 Å². The number of hydrogen-bond donors (Lipinski definition) is 0. The van der Waals surface area contributed by atoms with E-state index in [1.54, 1.807) is 0 Å². The van der Waals surface area contributed by atoms with Gasteiger partial charge in [-0.3, -0.25) is 0 Å². The SMILES string of the molecule is CC1OC1c1ccc2c(c1)CCCS2. The lowest BCUT2D eigenvalue weighted by molar-refractivity contribution is 0.383. The van der Waals surface area contributed by atoms with Gasteiger partial charge in [0.15, 0.2) is 0 Å². The summed E-state index contributed by atoms with van der Waals surface area (Å²) < 4.78 is 5.49. The first-order valence-corrected chi connectivity index (χ1v) is 6.24. The third kappa shape index (κ3) is 1.47.